The van der Waals surface area contributed by atoms with E-state index >= 15 is 0 Å². The van der Waals surface area contributed by atoms with Crippen molar-refractivity contribution in [2.24, 2.45) is 0 Å². The molecule has 3 amide bonds. The summed E-state index contributed by atoms with van der Waals surface area (Å²) in [5.74, 6) is -0.176. The van der Waals surface area contributed by atoms with Crippen molar-refractivity contribution in [1.29, 1.82) is 0 Å². The van der Waals surface area contributed by atoms with Crippen molar-refractivity contribution in [1.82, 2.24) is 10.2 Å². The van der Waals surface area contributed by atoms with Gasteiger partial charge in [-0.15, -0.1) is 22.9 Å². The van der Waals surface area contributed by atoms with Gasteiger partial charge in [-0.2, -0.15) is 0 Å². The first-order valence-electron chi connectivity index (χ1n) is 4.88. The van der Waals surface area contributed by atoms with E-state index in [1.54, 1.807) is 13.1 Å². The van der Waals surface area contributed by atoms with Crippen LogP contribution in [0.3, 0.4) is 0 Å². The predicted molar refractivity (Wildman–Crippen MR) is 69.7 cm³/mol. The Bertz CT molecular complexity index is 409. The van der Waals surface area contributed by atoms with E-state index in [-0.39, 0.29) is 18.2 Å². The van der Waals surface area contributed by atoms with Gasteiger partial charge < -0.3 is 4.90 Å². The Labute approximate surface area is 114 Å². The Balaban J connectivity index is 2.44. The lowest BCUT2D eigenvalue weighted by Crippen LogP contribution is -2.40. The SMILES string of the molecule is CN(Cc1ccc(Cl)s1)C(=O)NC(=O)CCCl. The van der Waals surface area contributed by atoms with E-state index in [1.807, 2.05) is 6.07 Å². The molecule has 1 aromatic heterocycles. The lowest BCUT2D eigenvalue weighted by Gasteiger charge is -2.16. The lowest BCUT2D eigenvalue weighted by molar-refractivity contribution is -0.119. The van der Waals surface area contributed by atoms with E-state index in [9.17, 15) is 9.59 Å². The fourth-order valence-corrected chi connectivity index (χ4v) is 2.42. The van der Waals surface area contributed by atoms with Crippen molar-refractivity contribution in [2.75, 3.05) is 12.9 Å². The van der Waals surface area contributed by atoms with Crippen LogP contribution in [0.15, 0.2) is 12.1 Å². The molecule has 0 fully saturated rings. The number of hydrogen-bond acceptors (Lipinski definition) is 3. The number of rotatable bonds is 4. The summed E-state index contributed by atoms with van der Waals surface area (Å²) in [5.41, 5.74) is 0. The van der Waals surface area contributed by atoms with Gasteiger partial charge in [-0.3, -0.25) is 10.1 Å². The maximum Gasteiger partial charge on any atom is 0.324 e. The van der Waals surface area contributed by atoms with Gasteiger partial charge in [-0.05, 0) is 12.1 Å². The summed E-state index contributed by atoms with van der Waals surface area (Å²) in [6.45, 7) is 0.414. The van der Waals surface area contributed by atoms with Crippen LogP contribution in [0.2, 0.25) is 4.34 Å². The molecular formula is C10H12Cl2N2O2S. The zero-order valence-electron chi connectivity index (χ0n) is 9.20. The zero-order valence-corrected chi connectivity index (χ0v) is 11.5. The normalized spacial score (nSPS) is 10.1. The van der Waals surface area contributed by atoms with E-state index in [2.05, 4.69) is 5.32 Å². The monoisotopic (exact) mass is 294 g/mol. The molecule has 0 aliphatic rings. The zero-order chi connectivity index (χ0) is 12.8. The third-order valence-corrected chi connectivity index (χ3v) is 3.34. The minimum atomic E-state index is -0.440. The van der Waals surface area contributed by atoms with Gasteiger partial charge in [0.2, 0.25) is 5.91 Å². The van der Waals surface area contributed by atoms with Gasteiger partial charge in [0.1, 0.15) is 0 Å². The summed E-state index contributed by atoms with van der Waals surface area (Å²) >= 11 is 12.6. The number of nitrogens with one attached hydrogen (secondary N) is 1. The molecule has 7 heteroatoms. The summed E-state index contributed by atoms with van der Waals surface area (Å²) in [6.07, 6.45) is 0.131. The number of hydrogen-bond donors (Lipinski definition) is 1. The Kier molecular flexibility index (Phi) is 5.74. The number of amides is 3. The number of carbonyl (C=O) groups is 2. The number of nitrogens with zero attached hydrogens (tertiary/aromatic N) is 1. The molecule has 0 saturated heterocycles. The van der Waals surface area contributed by atoms with Crippen LogP contribution in [0, 0.1) is 0 Å². The molecule has 0 aliphatic carbocycles. The van der Waals surface area contributed by atoms with Gasteiger partial charge in [-0.1, -0.05) is 11.6 Å². The molecule has 0 bridgehead atoms. The van der Waals surface area contributed by atoms with Gasteiger partial charge in [0, 0.05) is 24.2 Å². The Morgan fingerprint density at radius 2 is 2.18 bits per heavy atom. The number of thiophene rings is 1. The van der Waals surface area contributed by atoms with Crippen LogP contribution in [0.5, 0.6) is 0 Å². The fourth-order valence-electron chi connectivity index (χ4n) is 1.11. The third kappa shape index (κ3) is 4.93. The lowest BCUT2D eigenvalue weighted by atomic mass is 10.4. The van der Waals surface area contributed by atoms with Crippen molar-refractivity contribution in [3.63, 3.8) is 0 Å². The van der Waals surface area contributed by atoms with Crippen LogP contribution < -0.4 is 5.32 Å². The smallest absolute Gasteiger partial charge is 0.322 e. The second-order valence-corrected chi connectivity index (χ2v) is 5.53. The number of urea groups is 1. The van der Waals surface area contributed by atoms with Crippen LogP contribution in [-0.4, -0.2) is 29.8 Å². The van der Waals surface area contributed by atoms with Gasteiger partial charge in [-0.25, -0.2) is 4.79 Å². The molecule has 1 aromatic rings. The second kappa shape index (κ2) is 6.83. The van der Waals surface area contributed by atoms with Crippen molar-refractivity contribution < 1.29 is 9.59 Å². The standard InChI is InChI=1S/C10H12Cl2N2O2S/c1-14(6-7-2-3-8(12)17-7)10(16)13-9(15)4-5-11/h2-3H,4-6H2,1H3,(H,13,15,16). The topological polar surface area (TPSA) is 49.4 Å². The van der Waals surface area contributed by atoms with E-state index in [0.717, 1.165) is 4.88 Å². The second-order valence-electron chi connectivity index (χ2n) is 3.35. The molecule has 1 N–H and O–H groups in total. The average molecular weight is 295 g/mol. The van der Waals surface area contributed by atoms with Crippen LogP contribution in [0.25, 0.3) is 0 Å². The van der Waals surface area contributed by atoms with Crippen LogP contribution in [0.4, 0.5) is 4.79 Å². The summed E-state index contributed by atoms with van der Waals surface area (Å²) in [6, 6.07) is 3.17. The fraction of sp³-hybridized carbons (Fsp3) is 0.400. The molecule has 17 heavy (non-hydrogen) atoms. The number of carbonyl (C=O) groups excluding carboxylic acids is 2. The molecule has 0 saturated carbocycles. The molecule has 94 valence electrons. The first-order valence-corrected chi connectivity index (χ1v) is 6.61. The van der Waals surface area contributed by atoms with E-state index in [1.165, 1.54) is 16.2 Å². The van der Waals surface area contributed by atoms with E-state index < -0.39 is 6.03 Å². The minimum absolute atomic E-state index is 0.131. The quantitative estimate of drug-likeness (QED) is 0.868. The molecule has 0 unspecified atom stereocenters. The molecule has 0 aliphatic heterocycles. The highest BCUT2D eigenvalue weighted by atomic mass is 35.5. The molecule has 0 spiro atoms. The Morgan fingerprint density at radius 1 is 1.47 bits per heavy atom. The molecule has 1 heterocycles. The van der Waals surface area contributed by atoms with Crippen molar-refractivity contribution in [3.8, 4) is 0 Å². The molecule has 4 nitrogen and oxygen atoms in total. The van der Waals surface area contributed by atoms with Crippen molar-refractivity contribution in [3.05, 3.63) is 21.3 Å². The first-order chi connectivity index (χ1) is 8.02. The summed E-state index contributed by atoms with van der Waals surface area (Å²) in [5, 5.41) is 2.24. The largest absolute Gasteiger partial charge is 0.324 e. The Hall–Kier alpha value is -0.780. The third-order valence-electron chi connectivity index (χ3n) is 1.94. The van der Waals surface area contributed by atoms with Gasteiger partial charge in [0.15, 0.2) is 0 Å². The Morgan fingerprint density at radius 3 is 2.71 bits per heavy atom. The summed E-state index contributed by atoms with van der Waals surface area (Å²) in [7, 11) is 1.61. The highest BCUT2D eigenvalue weighted by molar-refractivity contribution is 7.16. The van der Waals surface area contributed by atoms with Crippen LogP contribution >= 0.6 is 34.5 Å². The first kappa shape index (κ1) is 14.3. The average Bonchev–Trinajstić information content (AvgIpc) is 2.64. The molecule has 0 atom stereocenters. The van der Waals surface area contributed by atoms with Crippen molar-refractivity contribution >= 4 is 46.5 Å². The van der Waals surface area contributed by atoms with Gasteiger partial charge in [0.05, 0.1) is 10.9 Å². The molecule has 0 radical (unpaired) electrons. The maximum absolute atomic E-state index is 11.6. The van der Waals surface area contributed by atoms with Gasteiger partial charge in [0.25, 0.3) is 0 Å². The molecule has 1 rings (SSSR count). The number of halogens is 2. The summed E-state index contributed by atoms with van der Waals surface area (Å²) < 4.78 is 0.673. The summed E-state index contributed by atoms with van der Waals surface area (Å²) in [4.78, 5) is 25.1. The highest BCUT2D eigenvalue weighted by Gasteiger charge is 2.13. The number of alkyl halides is 1. The van der Waals surface area contributed by atoms with Gasteiger partial charge >= 0.3 is 6.03 Å². The molecule has 0 aromatic carbocycles. The van der Waals surface area contributed by atoms with E-state index in [4.69, 9.17) is 23.2 Å². The van der Waals surface area contributed by atoms with Crippen molar-refractivity contribution in [2.45, 2.75) is 13.0 Å². The van der Waals surface area contributed by atoms with Crippen LogP contribution in [-0.2, 0) is 11.3 Å². The minimum Gasteiger partial charge on any atom is -0.322 e. The predicted octanol–water partition coefficient (Wildman–Crippen LogP) is 2.70. The van der Waals surface area contributed by atoms with E-state index in [0.29, 0.717) is 10.9 Å². The highest BCUT2D eigenvalue weighted by Crippen LogP contribution is 2.22. The molecular weight excluding hydrogens is 283 g/mol. The maximum atomic E-state index is 11.6. The number of imide groups is 1. The van der Waals surface area contributed by atoms with Crippen LogP contribution in [0.1, 0.15) is 11.3 Å².